The van der Waals surface area contributed by atoms with Crippen LogP contribution >= 0.6 is 11.3 Å². The van der Waals surface area contributed by atoms with E-state index in [1.807, 2.05) is 11.3 Å². The lowest BCUT2D eigenvalue weighted by Crippen LogP contribution is -2.04. The van der Waals surface area contributed by atoms with E-state index >= 15 is 0 Å². The molecule has 10 aromatic carbocycles. The summed E-state index contributed by atoms with van der Waals surface area (Å²) in [5.74, 6) is 1.85. The zero-order valence-corrected chi connectivity index (χ0v) is 35.7. The van der Waals surface area contributed by atoms with Gasteiger partial charge in [0, 0.05) is 64.1 Å². The van der Waals surface area contributed by atoms with E-state index in [0.29, 0.717) is 17.5 Å². The number of aromatic nitrogens is 5. The maximum absolute atomic E-state index is 5.53. The van der Waals surface area contributed by atoms with Crippen molar-refractivity contribution in [3.05, 3.63) is 212 Å². The van der Waals surface area contributed by atoms with Crippen LogP contribution in [0.5, 0.6) is 0 Å². The van der Waals surface area contributed by atoms with Crippen LogP contribution in [0.3, 0.4) is 0 Å². The third kappa shape index (κ3) is 5.61. The number of rotatable bonds is 5. The highest BCUT2D eigenvalue weighted by Crippen LogP contribution is 2.44. The first-order chi connectivity index (χ1) is 32.2. The molecule has 14 rings (SSSR count). The Morgan fingerprint density at radius 3 is 1.63 bits per heavy atom. The molecular weight excluding hydrogens is 811 g/mol. The lowest BCUT2D eigenvalue weighted by molar-refractivity contribution is 1.07. The van der Waals surface area contributed by atoms with Gasteiger partial charge < -0.3 is 9.13 Å². The summed E-state index contributed by atoms with van der Waals surface area (Å²) >= 11 is 1.83. The average Bonchev–Trinajstić information content (AvgIpc) is 4.02. The SMILES string of the molecule is c1ccc(-n2c3ccccc3c3cc(-c4nc(-c5ccc6ccccc6c5)nc(-c5cc6c(cc5-n5c7ccccc7c7cc8ccccc8cc75)sc5ccccc56)n4)ccc32)cc1. The number of hydrogen-bond acceptors (Lipinski definition) is 4. The van der Waals surface area contributed by atoms with E-state index < -0.39 is 0 Å². The Bertz CT molecular complexity index is 4250. The molecule has 0 atom stereocenters. The summed E-state index contributed by atoms with van der Waals surface area (Å²) in [5.41, 5.74) is 9.47. The highest BCUT2D eigenvalue weighted by atomic mass is 32.1. The van der Waals surface area contributed by atoms with Gasteiger partial charge in [0.15, 0.2) is 17.5 Å². The van der Waals surface area contributed by atoms with Crippen molar-refractivity contribution in [3.8, 4) is 45.5 Å². The molecule has 65 heavy (non-hydrogen) atoms. The topological polar surface area (TPSA) is 48.5 Å². The monoisotopic (exact) mass is 845 g/mol. The van der Waals surface area contributed by atoms with Crippen LogP contribution in [0.4, 0.5) is 0 Å². The Morgan fingerprint density at radius 1 is 0.308 bits per heavy atom. The van der Waals surface area contributed by atoms with Crippen molar-refractivity contribution in [2.45, 2.75) is 0 Å². The molecule has 0 unspecified atom stereocenters. The van der Waals surface area contributed by atoms with Crippen LogP contribution in [0.25, 0.3) is 131 Å². The fourth-order valence-corrected chi connectivity index (χ4v) is 11.2. The lowest BCUT2D eigenvalue weighted by atomic mass is 10.0. The second kappa shape index (κ2) is 14.0. The molecule has 302 valence electrons. The van der Waals surface area contributed by atoms with Crippen LogP contribution in [-0.2, 0) is 0 Å². The quantitative estimate of drug-likeness (QED) is 0.173. The van der Waals surface area contributed by atoms with Gasteiger partial charge in [0.25, 0.3) is 0 Å². The molecule has 0 radical (unpaired) electrons. The summed E-state index contributed by atoms with van der Waals surface area (Å²) < 4.78 is 7.23. The number of para-hydroxylation sites is 3. The Balaban J connectivity index is 1.08. The fourth-order valence-electron chi connectivity index (χ4n) is 10.1. The molecule has 0 aliphatic carbocycles. The van der Waals surface area contributed by atoms with Crippen molar-refractivity contribution in [2.75, 3.05) is 0 Å². The molecule has 0 aliphatic heterocycles. The van der Waals surface area contributed by atoms with Gasteiger partial charge in [-0.15, -0.1) is 11.3 Å². The molecule has 5 nitrogen and oxygen atoms in total. The minimum Gasteiger partial charge on any atom is -0.309 e. The van der Waals surface area contributed by atoms with Gasteiger partial charge in [0.05, 0.1) is 27.8 Å². The van der Waals surface area contributed by atoms with Crippen molar-refractivity contribution in [1.29, 1.82) is 0 Å². The molecule has 0 aliphatic rings. The third-order valence-electron chi connectivity index (χ3n) is 13.1. The van der Waals surface area contributed by atoms with E-state index in [2.05, 4.69) is 221 Å². The van der Waals surface area contributed by atoms with E-state index in [0.717, 1.165) is 60.9 Å². The molecule has 0 amide bonds. The standard InChI is InChI=1S/C59H35N5S/c1-2-18-42(19-3-1)63-50-23-11-8-20-43(50)46-32-41(28-29-52(46)63)58-60-57(40-27-26-36-14-4-5-15-37(36)30-40)61-59(62-58)49-34-48-45-22-10-13-25-55(45)65-56(48)35-54(49)64-51-24-12-9-21-44(51)47-31-38-16-6-7-17-39(38)33-53(47)64/h1-35H. The Morgan fingerprint density at radius 2 is 0.862 bits per heavy atom. The molecule has 0 bridgehead atoms. The second-order valence-corrected chi connectivity index (χ2v) is 17.9. The van der Waals surface area contributed by atoms with E-state index in [9.17, 15) is 0 Å². The third-order valence-corrected chi connectivity index (χ3v) is 14.2. The molecular formula is C59H35N5S. The van der Waals surface area contributed by atoms with Crippen LogP contribution in [0.15, 0.2) is 212 Å². The highest BCUT2D eigenvalue weighted by Gasteiger charge is 2.23. The van der Waals surface area contributed by atoms with Crippen LogP contribution in [-0.4, -0.2) is 24.1 Å². The van der Waals surface area contributed by atoms with Gasteiger partial charge in [0.1, 0.15) is 0 Å². The summed E-state index contributed by atoms with van der Waals surface area (Å²) in [5, 5.41) is 11.8. The molecule has 4 aromatic heterocycles. The average molecular weight is 846 g/mol. The number of thiophene rings is 1. The molecule has 0 saturated carbocycles. The largest absolute Gasteiger partial charge is 0.309 e. The van der Waals surface area contributed by atoms with Crippen molar-refractivity contribution in [3.63, 3.8) is 0 Å². The summed E-state index contributed by atoms with van der Waals surface area (Å²) in [6.45, 7) is 0. The predicted octanol–water partition coefficient (Wildman–Crippen LogP) is 15.7. The van der Waals surface area contributed by atoms with Gasteiger partial charge in [-0.1, -0.05) is 133 Å². The highest BCUT2D eigenvalue weighted by molar-refractivity contribution is 7.25. The number of benzene rings is 10. The zero-order chi connectivity index (χ0) is 42.6. The Labute approximate surface area is 376 Å². The van der Waals surface area contributed by atoms with Crippen LogP contribution in [0.1, 0.15) is 0 Å². The lowest BCUT2D eigenvalue weighted by Gasteiger charge is -2.16. The number of hydrogen-bond donors (Lipinski definition) is 0. The summed E-state index contributed by atoms with van der Waals surface area (Å²) in [4.78, 5) is 16.4. The zero-order valence-electron chi connectivity index (χ0n) is 34.9. The Hall–Kier alpha value is -8.45. The molecule has 14 aromatic rings. The first-order valence-electron chi connectivity index (χ1n) is 21.9. The van der Waals surface area contributed by atoms with E-state index in [1.54, 1.807) is 0 Å². The Kier molecular flexibility index (Phi) is 7.79. The van der Waals surface area contributed by atoms with Gasteiger partial charge in [-0.3, -0.25) is 0 Å². The van der Waals surface area contributed by atoms with Crippen molar-refractivity contribution < 1.29 is 0 Å². The smallest absolute Gasteiger partial charge is 0.166 e. The molecule has 0 spiro atoms. The van der Waals surface area contributed by atoms with Crippen molar-refractivity contribution in [2.24, 2.45) is 0 Å². The molecule has 0 fully saturated rings. The molecule has 6 heteroatoms. The minimum absolute atomic E-state index is 0.615. The number of fused-ring (bicyclic) bond motifs is 11. The first kappa shape index (κ1) is 36.1. The maximum Gasteiger partial charge on any atom is 0.166 e. The summed E-state index contributed by atoms with van der Waals surface area (Å²) in [6, 6.07) is 76.3. The molecule has 0 saturated heterocycles. The van der Waals surface area contributed by atoms with Crippen molar-refractivity contribution in [1.82, 2.24) is 24.1 Å². The fraction of sp³-hybridized carbons (Fsp3) is 0. The van der Waals surface area contributed by atoms with E-state index in [-0.39, 0.29) is 0 Å². The van der Waals surface area contributed by atoms with Gasteiger partial charge in [-0.2, -0.15) is 0 Å². The summed E-state index contributed by atoms with van der Waals surface area (Å²) in [6.07, 6.45) is 0. The minimum atomic E-state index is 0.615. The number of nitrogens with zero attached hydrogens (tertiary/aromatic N) is 5. The maximum atomic E-state index is 5.53. The first-order valence-corrected chi connectivity index (χ1v) is 22.7. The van der Waals surface area contributed by atoms with E-state index in [4.69, 9.17) is 15.0 Å². The van der Waals surface area contributed by atoms with E-state index in [1.165, 1.54) is 52.5 Å². The molecule has 0 N–H and O–H groups in total. The van der Waals surface area contributed by atoms with Gasteiger partial charge in [-0.25, -0.2) is 15.0 Å². The van der Waals surface area contributed by atoms with Crippen LogP contribution < -0.4 is 0 Å². The normalized spacial score (nSPS) is 12.0. The van der Waals surface area contributed by atoms with Crippen LogP contribution in [0.2, 0.25) is 0 Å². The summed E-state index contributed by atoms with van der Waals surface area (Å²) in [7, 11) is 0. The predicted molar refractivity (Wildman–Crippen MR) is 273 cm³/mol. The van der Waals surface area contributed by atoms with Gasteiger partial charge >= 0.3 is 0 Å². The second-order valence-electron chi connectivity index (χ2n) is 16.8. The van der Waals surface area contributed by atoms with Crippen LogP contribution in [0, 0.1) is 0 Å². The van der Waals surface area contributed by atoms with Gasteiger partial charge in [0.2, 0.25) is 0 Å². The molecule has 4 heterocycles. The van der Waals surface area contributed by atoms with Crippen molar-refractivity contribution >= 4 is 96.7 Å². The van der Waals surface area contributed by atoms with Gasteiger partial charge in [-0.05, 0) is 100 Å².